The molecule has 0 radical (unpaired) electrons. The quantitative estimate of drug-likeness (QED) is 0.630. The summed E-state index contributed by atoms with van der Waals surface area (Å²) in [5.74, 6) is -1.39. The van der Waals surface area contributed by atoms with Crippen LogP contribution in [0.25, 0.3) is 0 Å². The monoisotopic (exact) mass is 243 g/mol. The lowest BCUT2D eigenvalue weighted by Gasteiger charge is -2.11. The predicted molar refractivity (Wildman–Crippen MR) is 63.6 cm³/mol. The number of aliphatic carboxylic acids is 1. The van der Waals surface area contributed by atoms with E-state index in [1.165, 1.54) is 6.92 Å². The van der Waals surface area contributed by atoms with Gasteiger partial charge >= 0.3 is 5.97 Å². The molecule has 0 bridgehead atoms. The third kappa shape index (κ3) is 7.49. The maximum Gasteiger partial charge on any atom is 0.306 e. The van der Waals surface area contributed by atoms with Crippen LogP contribution in [0.1, 0.15) is 46.5 Å². The van der Waals surface area contributed by atoms with Gasteiger partial charge < -0.3 is 10.4 Å². The number of carbonyl (C=O) groups excluding carboxylic acids is 2. The lowest BCUT2D eigenvalue weighted by molar-refractivity contribution is -0.141. The number of Topliss-reactive ketones (excluding diaryl/α,β-unsaturated/α-hetero) is 1. The van der Waals surface area contributed by atoms with E-state index in [1.54, 1.807) is 13.8 Å². The Morgan fingerprint density at radius 3 is 2.24 bits per heavy atom. The summed E-state index contributed by atoms with van der Waals surface area (Å²) in [6, 6.07) is -0.454. The maximum atomic E-state index is 11.5. The molecule has 2 atom stereocenters. The second kappa shape index (κ2) is 7.81. The number of nitrogens with one attached hydrogen (secondary N) is 1. The van der Waals surface area contributed by atoms with Gasteiger partial charge in [-0.15, -0.1) is 0 Å². The number of rotatable bonds is 8. The summed E-state index contributed by atoms with van der Waals surface area (Å²) in [6.07, 6.45) is 2.34. The Bertz CT molecular complexity index is 288. The first-order valence-corrected chi connectivity index (χ1v) is 5.87. The zero-order valence-corrected chi connectivity index (χ0v) is 10.7. The Balaban J connectivity index is 3.71. The summed E-state index contributed by atoms with van der Waals surface area (Å²) in [4.78, 5) is 32.8. The van der Waals surface area contributed by atoms with Crippen LogP contribution in [-0.4, -0.2) is 28.8 Å². The van der Waals surface area contributed by atoms with Gasteiger partial charge in [0.05, 0.1) is 12.0 Å². The molecule has 0 aliphatic carbocycles. The van der Waals surface area contributed by atoms with Crippen LogP contribution in [0.4, 0.5) is 0 Å². The van der Waals surface area contributed by atoms with E-state index in [4.69, 9.17) is 5.11 Å². The van der Waals surface area contributed by atoms with Crippen molar-refractivity contribution in [3.8, 4) is 0 Å². The van der Waals surface area contributed by atoms with Gasteiger partial charge in [-0.2, -0.15) is 0 Å². The number of carboxylic acids is 1. The molecule has 0 unspecified atom stereocenters. The molecule has 0 aliphatic rings. The van der Waals surface area contributed by atoms with E-state index in [2.05, 4.69) is 5.32 Å². The van der Waals surface area contributed by atoms with Gasteiger partial charge in [-0.3, -0.25) is 14.4 Å². The Kier molecular flexibility index (Phi) is 7.18. The second-order valence-electron chi connectivity index (χ2n) is 4.37. The summed E-state index contributed by atoms with van der Waals surface area (Å²) in [6.45, 7) is 4.69. The molecular formula is C12H21NO4. The summed E-state index contributed by atoms with van der Waals surface area (Å²) in [5.41, 5.74) is 0. The van der Waals surface area contributed by atoms with Gasteiger partial charge in [0.1, 0.15) is 0 Å². The molecule has 0 saturated heterocycles. The molecule has 17 heavy (non-hydrogen) atoms. The molecule has 0 aliphatic heterocycles. The zero-order chi connectivity index (χ0) is 13.4. The van der Waals surface area contributed by atoms with Crippen molar-refractivity contribution in [2.45, 2.75) is 52.5 Å². The number of unbranched alkanes of at least 4 members (excludes halogenated alkanes) is 1. The topological polar surface area (TPSA) is 83.5 Å². The number of amides is 1. The molecule has 1 amide bonds. The summed E-state index contributed by atoms with van der Waals surface area (Å²) < 4.78 is 0. The van der Waals surface area contributed by atoms with E-state index in [9.17, 15) is 14.4 Å². The Hall–Kier alpha value is -1.39. The highest BCUT2D eigenvalue weighted by Gasteiger charge is 2.14. The van der Waals surface area contributed by atoms with Crippen molar-refractivity contribution in [3.05, 3.63) is 0 Å². The van der Waals surface area contributed by atoms with E-state index in [0.29, 0.717) is 25.7 Å². The average Bonchev–Trinajstić information content (AvgIpc) is 2.22. The lowest BCUT2D eigenvalue weighted by Crippen LogP contribution is -2.36. The Morgan fingerprint density at radius 1 is 1.18 bits per heavy atom. The van der Waals surface area contributed by atoms with Gasteiger partial charge in [-0.05, 0) is 19.8 Å². The van der Waals surface area contributed by atoms with Crippen molar-refractivity contribution in [3.63, 3.8) is 0 Å². The average molecular weight is 243 g/mol. The molecule has 0 heterocycles. The number of carbonyl (C=O) groups is 3. The highest BCUT2D eigenvalue weighted by molar-refractivity contribution is 5.87. The van der Waals surface area contributed by atoms with Gasteiger partial charge in [0.15, 0.2) is 5.78 Å². The predicted octanol–water partition coefficient (Wildman–Crippen LogP) is 1.36. The van der Waals surface area contributed by atoms with Gasteiger partial charge in [-0.1, -0.05) is 13.3 Å². The SMILES string of the molecule is CC(=O)N[C@@H](C)C(=O)CCCC[C@@H](C)C(=O)O. The van der Waals surface area contributed by atoms with Crippen LogP contribution in [0, 0.1) is 5.92 Å². The molecule has 0 saturated carbocycles. The first-order chi connectivity index (χ1) is 7.84. The van der Waals surface area contributed by atoms with Crippen molar-refractivity contribution in [2.75, 3.05) is 0 Å². The molecule has 0 aromatic heterocycles. The largest absolute Gasteiger partial charge is 0.481 e. The number of hydrogen-bond donors (Lipinski definition) is 2. The summed E-state index contributed by atoms with van der Waals surface area (Å²) in [5, 5.41) is 11.2. The number of ketones is 1. The van der Waals surface area contributed by atoms with Crippen LogP contribution in [0.15, 0.2) is 0 Å². The molecule has 0 aromatic rings. The number of hydrogen-bond acceptors (Lipinski definition) is 3. The lowest BCUT2D eigenvalue weighted by atomic mass is 10.0. The third-order valence-electron chi connectivity index (χ3n) is 2.63. The molecule has 98 valence electrons. The standard InChI is InChI=1S/C12H21NO4/c1-8(12(16)17)6-4-5-7-11(15)9(2)13-10(3)14/h8-9H,4-7H2,1-3H3,(H,13,14)(H,16,17)/t8-,9+/m1/s1. The fraction of sp³-hybridized carbons (Fsp3) is 0.750. The molecule has 2 N–H and O–H groups in total. The highest BCUT2D eigenvalue weighted by atomic mass is 16.4. The second-order valence-corrected chi connectivity index (χ2v) is 4.37. The fourth-order valence-corrected chi connectivity index (χ4v) is 1.48. The van der Waals surface area contributed by atoms with E-state index in [1.807, 2.05) is 0 Å². The van der Waals surface area contributed by atoms with Gasteiger partial charge in [0, 0.05) is 13.3 Å². The molecule has 0 spiro atoms. The minimum atomic E-state index is -0.803. The van der Waals surface area contributed by atoms with Crippen molar-refractivity contribution in [1.82, 2.24) is 5.32 Å². The molecule has 0 fully saturated rings. The minimum Gasteiger partial charge on any atom is -0.481 e. The van der Waals surface area contributed by atoms with Crippen LogP contribution in [0.3, 0.4) is 0 Å². The fourth-order valence-electron chi connectivity index (χ4n) is 1.48. The summed E-state index contributed by atoms with van der Waals surface area (Å²) >= 11 is 0. The molecule has 0 aromatic carbocycles. The first-order valence-electron chi connectivity index (χ1n) is 5.87. The first kappa shape index (κ1) is 15.6. The van der Waals surface area contributed by atoms with E-state index in [-0.39, 0.29) is 17.6 Å². The summed E-state index contributed by atoms with van der Waals surface area (Å²) in [7, 11) is 0. The van der Waals surface area contributed by atoms with E-state index < -0.39 is 12.0 Å². The van der Waals surface area contributed by atoms with Gasteiger partial charge in [-0.25, -0.2) is 0 Å². The minimum absolute atomic E-state index is 0.0109. The van der Waals surface area contributed by atoms with Crippen molar-refractivity contribution < 1.29 is 19.5 Å². The van der Waals surface area contributed by atoms with Crippen LogP contribution in [-0.2, 0) is 14.4 Å². The van der Waals surface area contributed by atoms with Crippen molar-refractivity contribution >= 4 is 17.7 Å². The zero-order valence-electron chi connectivity index (χ0n) is 10.7. The molecule has 5 heteroatoms. The van der Waals surface area contributed by atoms with Crippen molar-refractivity contribution in [2.24, 2.45) is 5.92 Å². The Morgan fingerprint density at radius 2 is 1.76 bits per heavy atom. The van der Waals surface area contributed by atoms with Crippen LogP contribution in [0.5, 0.6) is 0 Å². The van der Waals surface area contributed by atoms with Crippen molar-refractivity contribution in [1.29, 1.82) is 0 Å². The molecule has 0 rings (SSSR count). The van der Waals surface area contributed by atoms with Crippen LogP contribution < -0.4 is 5.32 Å². The van der Waals surface area contributed by atoms with E-state index >= 15 is 0 Å². The Labute approximate surface area is 102 Å². The maximum absolute atomic E-state index is 11.5. The van der Waals surface area contributed by atoms with Crippen LogP contribution in [0.2, 0.25) is 0 Å². The van der Waals surface area contributed by atoms with Crippen LogP contribution >= 0.6 is 0 Å². The highest BCUT2D eigenvalue weighted by Crippen LogP contribution is 2.10. The van der Waals surface area contributed by atoms with E-state index in [0.717, 1.165) is 0 Å². The van der Waals surface area contributed by atoms with Gasteiger partial charge in [0.2, 0.25) is 5.91 Å². The number of carboxylic acid groups (broad SMARTS) is 1. The molecular weight excluding hydrogens is 222 g/mol. The normalized spacial score (nSPS) is 13.8. The molecule has 5 nitrogen and oxygen atoms in total. The smallest absolute Gasteiger partial charge is 0.306 e. The van der Waals surface area contributed by atoms with Gasteiger partial charge in [0.25, 0.3) is 0 Å². The third-order valence-corrected chi connectivity index (χ3v) is 2.63.